The van der Waals surface area contributed by atoms with E-state index in [0.717, 1.165) is 0 Å². The first-order valence-electron chi connectivity index (χ1n) is 8.52. The summed E-state index contributed by atoms with van der Waals surface area (Å²) >= 11 is 0. The molecular weight excluding hydrogens is 268 g/mol. The van der Waals surface area contributed by atoms with Gasteiger partial charge in [0, 0.05) is 36.3 Å². The Labute approximate surface area is 136 Å². The Morgan fingerprint density at radius 1 is 0.818 bits per heavy atom. The van der Waals surface area contributed by atoms with Crippen LogP contribution in [0.5, 0.6) is 0 Å². The Kier molecular flexibility index (Phi) is 9.16. The van der Waals surface area contributed by atoms with Crippen LogP contribution in [-0.2, 0) is 14.1 Å². The third-order valence-electron chi connectivity index (χ3n) is 3.48. The molecule has 22 heavy (non-hydrogen) atoms. The smallest absolute Gasteiger partial charge is 0.202 e. The van der Waals surface area contributed by atoms with Gasteiger partial charge in [0.1, 0.15) is 12.6 Å². The first-order chi connectivity index (χ1) is 10.7. The van der Waals surface area contributed by atoms with Gasteiger partial charge in [0.25, 0.3) is 0 Å². The van der Waals surface area contributed by atoms with Crippen LogP contribution in [0.4, 0.5) is 0 Å². The van der Waals surface area contributed by atoms with E-state index in [0.29, 0.717) is 0 Å². The lowest BCUT2D eigenvalue weighted by molar-refractivity contribution is -0.676. The Morgan fingerprint density at radius 2 is 1.36 bits per heavy atom. The van der Waals surface area contributed by atoms with Crippen molar-refractivity contribution >= 4 is 21.8 Å². The summed E-state index contributed by atoms with van der Waals surface area (Å²) in [6.07, 6.45) is 2.13. The monoisotopic (exact) mass is 301 g/mol. The van der Waals surface area contributed by atoms with Crippen LogP contribution in [0.25, 0.3) is 21.8 Å². The maximum absolute atomic E-state index is 2.28. The topological polar surface area (TPSA) is 8.81 Å². The number of hydrogen-bond acceptors (Lipinski definition) is 0. The largest absolute Gasteiger partial charge is 0.338 e. The minimum atomic E-state index is 1.30. The van der Waals surface area contributed by atoms with Gasteiger partial charge in [0.15, 0.2) is 6.20 Å². The van der Waals surface area contributed by atoms with Crippen molar-refractivity contribution in [3.63, 3.8) is 0 Å². The molecule has 0 saturated heterocycles. The van der Waals surface area contributed by atoms with Crippen LogP contribution in [0.1, 0.15) is 47.2 Å². The zero-order valence-corrected chi connectivity index (χ0v) is 15.9. The molecule has 0 aliphatic carbocycles. The number of nitrogens with zero attached hydrogens (tertiary/aromatic N) is 2. The highest BCUT2D eigenvalue weighted by atomic mass is 15.0. The predicted octanol–water partition coefficient (Wildman–Crippen LogP) is 5.54. The van der Waals surface area contributed by atoms with Crippen molar-refractivity contribution in [2.45, 2.75) is 48.5 Å². The molecule has 0 bridgehead atoms. The molecule has 0 aliphatic heterocycles. The van der Waals surface area contributed by atoms with Gasteiger partial charge in [-0.15, -0.1) is 0 Å². The van der Waals surface area contributed by atoms with E-state index in [4.69, 9.17) is 0 Å². The summed E-state index contributed by atoms with van der Waals surface area (Å²) in [6.45, 7) is 14.2. The molecular formula is C20H33N2+. The molecule has 3 aromatic rings. The maximum Gasteiger partial charge on any atom is 0.202 e. The Balaban J connectivity index is 0.000000661. The molecule has 2 heteroatoms. The molecule has 122 valence electrons. The number of pyridine rings is 1. The van der Waals surface area contributed by atoms with Gasteiger partial charge in [-0.05, 0) is 6.07 Å². The minimum absolute atomic E-state index is 1.30. The van der Waals surface area contributed by atoms with Crippen molar-refractivity contribution < 1.29 is 4.57 Å². The summed E-state index contributed by atoms with van der Waals surface area (Å²) in [6, 6.07) is 10.8. The van der Waals surface area contributed by atoms with Gasteiger partial charge in [-0.2, -0.15) is 0 Å². The van der Waals surface area contributed by atoms with Crippen molar-refractivity contribution in [3.05, 3.63) is 42.2 Å². The second-order valence-electron chi connectivity index (χ2n) is 4.35. The number of rotatable bonds is 0. The number of aromatic nitrogens is 2. The first-order valence-corrected chi connectivity index (χ1v) is 8.52. The summed E-state index contributed by atoms with van der Waals surface area (Å²) in [5.41, 5.74) is 3.93. The summed E-state index contributed by atoms with van der Waals surface area (Å²) in [7, 11) is 4.23. The van der Waals surface area contributed by atoms with Gasteiger partial charge in [-0.1, -0.05) is 59.7 Å². The molecule has 2 aromatic heterocycles. The fourth-order valence-electron chi connectivity index (χ4n) is 2.49. The molecule has 3 rings (SSSR count). The molecule has 0 N–H and O–H groups in total. The van der Waals surface area contributed by atoms with E-state index in [2.05, 4.69) is 66.7 Å². The van der Waals surface area contributed by atoms with E-state index < -0.39 is 0 Å². The highest BCUT2D eigenvalue weighted by molar-refractivity contribution is 6.08. The normalized spacial score (nSPS) is 9.14. The average molecular weight is 301 g/mol. The lowest BCUT2D eigenvalue weighted by atomic mass is 10.2. The Hall–Kier alpha value is -1.83. The van der Waals surface area contributed by atoms with Crippen molar-refractivity contribution in [2.75, 3.05) is 0 Å². The molecule has 0 amide bonds. The van der Waals surface area contributed by atoms with Crippen LogP contribution in [-0.4, -0.2) is 4.57 Å². The number of aryl methyl sites for hydroxylation is 3. The van der Waals surface area contributed by atoms with E-state index in [1.165, 1.54) is 27.5 Å². The van der Waals surface area contributed by atoms with E-state index in [1.54, 1.807) is 0 Å². The highest BCUT2D eigenvalue weighted by Crippen LogP contribution is 2.28. The van der Waals surface area contributed by atoms with Crippen LogP contribution in [0.3, 0.4) is 0 Å². The third kappa shape index (κ3) is 3.68. The number of fused-ring (bicyclic) bond motifs is 3. The molecule has 0 atom stereocenters. The lowest BCUT2D eigenvalue weighted by Gasteiger charge is -1.99. The molecule has 2 nitrogen and oxygen atoms in total. The molecule has 0 unspecified atom stereocenters. The zero-order valence-electron chi connectivity index (χ0n) is 15.9. The van der Waals surface area contributed by atoms with Gasteiger partial charge in [0.2, 0.25) is 5.69 Å². The van der Waals surface area contributed by atoms with Crippen LogP contribution < -0.4 is 4.57 Å². The third-order valence-corrected chi connectivity index (χ3v) is 3.48. The average Bonchev–Trinajstić information content (AvgIpc) is 2.90. The van der Waals surface area contributed by atoms with E-state index in [1.807, 2.05) is 41.5 Å². The molecule has 0 saturated carbocycles. The standard InChI is InChI=1S/C14H15N2.3C2H6/c1-10-14-12(8-9-15(10)2)11-6-4-5-7-13(11)16(14)3;3*1-2/h4-9H,1-3H3;3*1-2H3/q+1;;;. The Bertz CT molecular complexity index is 694. The summed E-state index contributed by atoms with van der Waals surface area (Å²) in [5.74, 6) is 0. The van der Waals surface area contributed by atoms with E-state index >= 15 is 0 Å². The summed E-state index contributed by atoms with van der Waals surface area (Å²) < 4.78 is 4.45. The van der Waals surface area contributed by atoms with E-state index in [-0.39, 0.29) is 0 Å². The van der Waals surface area contributed by atoms with Crippen LogP contribution in [0.2, 0.25) is 0 Å². The summed E-state index contributed by atoms with van der Waals surface area (Å²) in [4.78, 5) is 0. The molecule has 0 fully saturated rings. The van der Waals surface area contributed by atoms with E-state index in [9.17, 15) is 0 Å². The molecule has 2 heterocycles. The van der Waals surface area contributed by atoms with Crippen molar-refractivity contribution in [3.8, 4) is 0 Å². The van der Waals surface area contributed by atoms with Crippen LogP contribution >= 0.6 is 0 Å². The lowest BCUT2D eigenvalue weighted by Crippen LogP contribution is -2.31. The van der Waals surface area contributed by atoms with Gasteiger partial charge in [0.05, 0.1) is 0 Å². The second-order valence-corrected chi connectivity index (χ2v) is 4.35. The maximum atomic E-state index is 2.28. The fraction of sp³-hybridized carbons (Fsp3) is 0.450. The van der Waals surface area contributed by atoms with Crippen molar-refractivity contribution in [2.24, 2.45) is 14.1 Å². The minimum Gasteiger partial charge on any atom is -0.338 e. The molecule has 0 spiro atoms. The number of para-hydroxylation sites is 1. The van der Waals surface area contributed by atoms with Crippen LogP contribution in [0.15, 0.2) is 36.5 Å². The second kappa shape index (κ2) is 9.99. The highest BCUT2D eigenvalue weighted by Gasteiger charge is 2.14. The molecule has 1 aromatic carbocycles. The molecule has 0 aliphatic rings. The van der Waals surface area contributed by atoms with Crippen molar-refractivity contribution in [1.82, 2.24) is 4.57 Å². The van der Waals surface area contributed by atoms with Crippen LogP contribution in [0, 0.1) is 6.92 Å². The first kappa shape index (κ1) is 20.2. The van der Waals surface area contributed by atoms with Gasteiger partial charge in [-0.3, -0.25) is 0 Å². The van der Waals surface area contributed by atoms with Gasteiger partial charge < -0.3 is 4.57 Å². The van der Waals surface area contributed by atoms with Crippen molar-refractivity contribution in [1.29, 1.82) is 0 Å². The quantitative estimate of drug-likeness (QED) is 0.482. The SMILES string of the molecule is CC.CC.CC.Cc1c2c(cc[n+]1C)c1ccccc1n2C. The Morgan fingerprint density at radius 3 is 1.95 bits per heavy atom. The zero-order chi connectivity index (χ0) is 17.3. The molecule has 0 radical (unpaired) electrons. The van der Waals surface area contributed by atoms with Gasteiger partial charge >= 0.3 is 0 Å². The summed E-state index contributed by atoms with van der Waals surface area (Å²) in [5, 5.41) is 2.68. The number of hydrogen-bond donors (Lipinski definition) is 0. The number of benzene rings is 1. The predicted molar refractivity (Wildman–Crippen MR) is 100 cm³/mol. The fourth-order valence-corrected chi connectivity index (χ4v) is 2.49. The van der Waals surface area contributed by atoms with Gasteiger partial charge in [-0.25, -0.2) is 4.57 Å².